The van der Waals surface area contributed by atoms with Crippen LogP contribution >= 0.6 is 0 Å². The van der Waals surface area contributed by atoms with E-state index < -0.39 is 17.7 Å². The van der Waals surface area contributed by atoms with Gasteiger partial charge in [0, 0.05) is 32.2 Å². The van der Waals surface area contributed by atoms with Gasteiger partial charge in [-0.3, -0.25) is 9.59 Å². The third-order valence-corrected chi connectivity index (χ3v) is 6.18. The molecule has 180 valence electrons. The molecule has 1 fully saturated rings. The number of hydrogen-bond donors (Lipinski definition) is 1. The summed E-state index contributed by atoms with van der Waals surface area (Å²) in [5, 5.41) is 11.3. The summed E-state index contributed by atoms with van der Waals surface area (Å²) >= 11 is 0. The minimum absolute atomic E-state index is 0.0431. The summed E-state index contributed by atoms with van der Waals surface area (Å²) in [6.07, 6.45) is 1.30. The Morgan fingerprint density at radius 3 is 2.56 bits per heavy atom. The van der Waals surface area contributed by atoms with E-state index in [4.69, 9.17) is 18.9 Å². The Labute approximate surface area is 198 Å². The van der Waals surface area contributed by atoms with Gasteiger partial charge in [-0.25, -0.2) is 0 Å². The molecule has 2 aromatic carbocycles. The van der Waals surface area contributed by atoms with Gasteiger partial charge in [0.2, 0.25) is 0 Å². The van der Waals surface area contributed by atoms with E-state index in [1.54, 1.807) is 37.4 Å². The Morgan fingerprint density at radius 2 is 1.85 bits per heavy atom. The predicted octanol–water partition coefficient (Wildman–Crippen LogP) is 3.49. The molecule has 2 unspecified atom stereocenters. The highest BCUT2D eigenvalue weighted by Crippen LogP contribution is 2.42. The van der Waals surface area contributed by atoms with E-state index in [1.165, 1.54) is 19.1 Å². The van der Waals surface area contributed by atoms with E-state index in [2.05, 4.69) is 0 Å². The number of likely N-dealkylation sites (tertiary alicyclic amines) is 1. The molecule has 0 aliphatic carbocycles. The van der Waals surface area contributed by atoms with Crippen molar-refractivity contribution in [3.63, 3.8) is 0 Å². The fourth-order valence-corrected chi connectivity index (χ4v) is 4.58. The summed E-state index contributed by atoms with van der Waals surface area (Å²) in [5.74, 6) is 0.159. The van der Waals surface area contributed by atoms with Crippen molar-refractivity contribution >= 4 is 17.4 Å². The second-order valence-corrected chi connectivity index (χ2v) is 8.41. The maximum Gasteiger partial charge on any atom is 0.295 e. The van der Waals surface area contributed by atoms with Crippen LogP contribution in [0.25, 0.3) is 5.76 Å². The molecule has 0 bridgehead atoms. The monoisotopic (exact) mass is 467 g/mol. The van der Waals surface area contributed by atoms with E-state index in [9.17, 15) is 14.7 Å². The number of methoxy groups -OCH3 is 3. The van der Waals surface area contributed by atoms with Gasteiger partial charge in [-0.2, -0.15) is 0 Å². The van der Waals surface area contributed by atoms with E-state index >= 15 is 0 Å². The molecule has 4 rings (SSSR count). The number of hydrogen-bond acceptors (Lipinski definition) is 7. The van der Waals surface area contributed by atoms with Crippen LogP contribution in [0.5, 0.6) is 17.2 Å². The minimum Gasteiger partial charge on any atom is -0.507 e. The molecule has 0 saturated carbocycles. The Hall–Kier alpha value is -3.52. The third kappa shape index (κ3) is 4.21. The van der Waals surface area contributed by atoms with Crippen LogP contribution in [0.3, 0.4) is 0 Å². The van der Waals surface area contributed by atoms with E-state index in [-0.39, 0.29) is 17.4 Å². The smallest absolute Gasteiger partial charge is 0.295 e. The van der Waals surface area contributed by atoms with Crippen LogP contribution in [0, 0.1) is 0 Å². The summed E-state index contributed by atoms with van der Waals surface area (Å²) in [4.78, 5) is 27.7. The Balaban J connectivity index is 1.83. The number of carbonyl (C=O) groups is 2. The van der Waals surface area contributed by atoms with E-state index in [0.717, 1.165) is 11.3 Å². The normalized spacial score (nSPS) is 20.9. The molecule has 1 N–H and O–H groups in total. The first-order valence-corrected chi connectivity index (χ1v) is 11.2. The van der Waals surface area contributed by atoms with Crippen molar-refractivity contribution in [1.29, 1.82) is 0 Å². The fraction of sp³-hybridized carbons (Fsp3) is 0.385. The number of carbonyl (C=O) groups excluding carboxylic acids is 2. The lowest BCUT2D eigenvalue weighted by molar-refractivity contribution is -0.140. The largest absolute Gasteiger partial charge is 0.507 e. The van der Waals surface area contributed by atoms with Crippen molar-refractivity contribution in [2.75, 3.05) is 34.5 Å². The summed E-state index contributed by atoms with van der Waals surface area (Å²) < 4.78 is 21.7. The molecule has 34 heavy (non-hydrogen) atoms. The van der Waals surface area contributed by atoms with Crippen LogP contribution in [-0.4, -0.2) is 62.3 Å². The predicted molar refractivity (Wildman–Crippen MR) is 125 cm³/mol. The van der Waals surface area contributed by atoms with Crippen LogP contribution in [0.4, 0.5) is 0 Å². The van der Waals surface area contributed by atoms with Crippen molar-refractivity contribution in [1.82, 2.24) is 4.90 Å². The highest BCUT2D eigenvalue weighted by molar-refractivity contribution is 6.46. The van der Waals surface area contributed by atoms with Gasteiger partial charge < -0.3 is 29.0 Å². The fourth-order valence-electron chi connectivity index (χ4n) is 4.58. The molecular formula is C26H29NO7. The van der Waals surface area contributed by atoms with E-state index in [1.807, 2.05) is 13.0 Å². The average Bonchev–Trinajstić information content (AvgIpc) is 3.34. The van der Waals surface area contributed by atoms with Crippen molar-refractivity contribution in [3.8, 4) is 17.2 Å². The molecule has 8 nitrogen and oxygen atoms in total. The second-order valence-electron chi connectivity index (χ2n) is 8.41. The maximum absolute atomic E-state index is 13.2. The molecule has 2 atom stereocenters. The molecule has 2 aliphatic heterocycles. The van der Waals surface area contributed by atoms with Gasteiger partial charge >= 0.3 is 0 Å². The van der Waals surface area contributed by atoms with Gasteiger partial charge in [-0.15, -0.1) is 0 Å². The first kappa shape index (κ1) is 23.6. The molecule has 0 aromatic heterocycles. The van der Waals surface area contributed by atoms with Gasteiger partial charge in [0.25, 0.3) is 11.7 Å². The zero-order valence-corrected chi connectivity index (χ0v) is 19.8. The molecule has 2 heterocycles. The van der Waals surface area contributed by atoms with Crippen molar-refractivity contribution in [3.05, 3.63) is 58.7 Å². The lowest BCUT2D eigenvalue weighted by Gasteiger charge is -2.26. The number of aliphatic hydroxyl groups is 1. The molecule has 8 heteroatoms. The number of ketones is 1. The molecular weight excluding hydrogens is 438 g/mol. The van der Waals surface area contributed by atoms with Gasteiger partial charge in [0.15, 0.2) is 11.5 Å². The first-order valence-electron chi connectivity index (χ1n) is 11.2. The number of Topliss-reactive ketones (excluding diaryl/α,β-unsaturated/α-hetero) is 1. The topological polar surface area (TPSA) is 94.5 Å². The molecule has 0 radical (unpaired) electrons. The molecule has 2 aliphatic rings. The number of aliphatic hydroxyl groups excluding tert-OH is 1. The van der Waals surface area contributed by atoms with Gasteiger partial charge in [-0.1, -0.05) is 6.07 Å². The maximum atomic E-state index is 13.2. The Morgan fingerprint density at radius 1 is 1.09 bits per heavy atom. The standard InChI is InChI=1S/C26H29NO7/c1-15-12-18-13-17(7-8-19(18)34-15)24(28)22-23(16-6-9-20(32-3)21(14-16)33-4)27(10-5-11-31-2)26(30)25(22)29/h6-9,13-15,23,28H,5,10-12H2,1-4H3/b24-22-. The third-order valence-electron chi connectivity index (χ3n) is 6.18. The number of fused-ring (bicyclic) bond motifs is 1. The lowest BCUT2D eigenvalue weighted by Crippen LogP contribution is -2.31. The van der Waals surface area contributed by atoms with Gasteiger partial charge in [0.05, 0.1) is 25.8 Å². The number of benzene rings is 2. The lowest BCUT2D eigenvalue weighted by atomic mass is 9.94. The number of nitrogens with zero attached hydrogens (tertiary/aromatic N) is 1. The van der Waals surface area contributed by atoms with Crippen molar-refractivity contribution in [2.24, 2.45) is 0 Å². The SMILES string of the molecule is COCCCN1C(=O)C(=O)/C(=C(\O)c2ccc3c(c2)CC(C)O3)C1c1ccc(OC)c(OC)c1. The van der Waals surface area contributed by atoms with E-state index in [0.29, 0.717) is 48.6 Å². The summed E-state index contributed by atoms with van der Waals surface area (Å²) in [7, 11) is 4.63. The molecule has 1 saturated heterocycles. The Bertz CT molecular complexity index is 1140. The van der Waals surface area contributed by atoms with Crippen LogP contribution < -0.4 is 14.2 Å². The highest BCUT2D eigenvalue weighted by Gasteiger charge is 2.46. The zero-order chi connectivity index (χ0) is 24.4. The van der Waals surface area contributed by atoms with Gasteiger partial charge in [0.1, 0.15) is 17.6 Å². The zero-order valence-electron chi connectivity index (χ0n) is 19.8. The summed E-state index contributed by atoms with van der Waals surface area (Å²) in [6, 6.07) is 9.75. The van der Waals surface area contributed by atoms with Crippen LogP contribution in [0.2, 0.25) is 0 Å². The average molecular weight is 468 g/mol. The molecule has 2 aromatic rings. The number of rotatable bonds is 8. The number of amides is 1. The quantitative estimate of drug-likeness (QED) is 0.275. The first-order chi connectivity index (χ1) is 16.4. The molecule has 0 spiro atoms. The second kappa shape index (κ2) is 9.77. The van der Waals surface area contributed by atoms with Crippen molar-refractivity contribution in [2.45, 2.75) is 31.9 Å². The number of ether oxygens (including phenoxy) is 4. The van der Waals surface area contributed by atoms with Gasteiger partial charge in [-0.05, 0) is 54.8 Å². The Kier molecular flexibility index (Phi) is 6.79. The molecule has 1 amide bonds. The summed E-state index contributed by atoms with van der Waals surface area (Å²) in [5.41, 5.74) is 2.10. The minimum atomic E-state index is -0.778. The highest BCUT2D eigenvalue weighted by atomic mass is 16.5. The summed E-state index contributed by atoms with van der Waals surface area (Å²) in [6.45, 7) is 2.70. The van der Waals surface area contributed by atoms with Crippen LogP contribution in [-0.2, 0) is 20.7 Å². The van der Waals surface area contributed by atoms with Crippen LogP contribution in [0.1, 0.15) is 36.1 Å². The van der Waals surface area contributed by atoms with Crippen molar-refractivity contribution < 1.29 is 33.6 Å². The van der Waals surface area contributed by atoms with Crippen LogP contribution in [0.15, 0.2) is 42.0 Å².